The Bertz CT molecular complexity index is 880. The molecule has 0 atom stereocenters. The molecule has 0 saturated carbocycles. The number of aromatic nitrogens is 3. The van der Waals surface area contributed by atoms with Crippen molar-refractivity contribution in [3.8, 4) is 5.88 Å². The largest absolute Gasteiger partial charge is 0.473 e. The Morgan fingerprint density at radius 2 is 2.00 bits per heavy atom. The van der Waals surface area contributed by atoms with Crippen LogP contribution in [0.2, 0.25) is 0 Å². The fourth-order valence-electron chi connectivity index (χ4n) is 3.17. The lowest BCUT2D eigenvalue weighted by Gasteiger charge is -2.32. The van der Waals surface area contributed by atoms with Gasteiger partial charge in [-0.3, -0.25) is 4.79 Å². The number of piperidine rings is 1. The number of H-pyrrole nitrogens is 1. The van der Waals surface area contributed by atoms with Gasteiger partial charge < -0.3 is 14.6 Å². The first kappa shape index (κ1) is 15.6. The van der Waals surface area contributed by atoms with E-state index in [1.54, 1.807) is 0 Å². The second kappa shape index (κ2) is 6.55. The Balaban J connectivity index is 1.37. The maximum absolute atomic E-state index is 12.7. The van der Waals surface area contributed by atoms with E-state index in [9.17, 15) is 4.79 Å². The summed E-state index contributed by atoms with van der Waals surface area (Å²) in [6.45, 7) is 3.27. The molecule has 0 spiro atoms. The smallest absolute Gasteiger partial charge is 0.253 e. The van der Waals surface area contributed by atoms with E-state index < -0.39 is 0 Å². The minimum Gasteiger partial charge on any atom is -0.473 e. The third-order valence-corrected chi connectivity index (χ3v) is 4.59. The molecule has 1 N–H and O–H groups in total. The summed E-state index contributed by atoms with van der Waals surface area (Å²) in [5.74, 6) is 0.630. The minimum absolute atomic E-state index is 0.0770. The first-order valence-electron chi connectivity index (χ1n) is 8.52. The van der Waals surface area contributed by atoms with Crippen LogP contribution in [0.3, 0.4) is 0 Å². The summed E-state index contributed by atoms with van der Waals surface area (Å²) in [5, 5.41) is 9.11. The van der Waals surface area contributed by atoms with E-state index in [1.807, 2.05) is 54.4 Å². The first-order chi connectivity index (χ1) is 12.2. The molecular weight excluding hydrogens is 316 g/mol. The highest BCUT2D eigenvalue weighted by Gasteiger charge is 2.25. The molecule has 128 valence electrons. The van der Waals surface area contributed by atoms with Gasteiger partial charge in [0.05, 0.1) is 5.69 Å². The van der Waals surface area contributed by atoms with E-state index in [2.05, 4.69) is 15.2 Å². The molecule has 3 aromatic rings. The van der Waals surface area contributed by atoms with Crippen molar-refractivity contribution in [1.29, 1.82) is 0 Å². The van der Waals surface area contributed by atoms with Gasteiger partial charge in [-0.2, -0.15) is 5.10 Å². The van der Waals surface area contributed by atoms with Gasteiger partial charge in [-0.1, -0.05) is 0 Å². The van der Waals surface area contributed by atoms with E-state index in [0.717, 1.165) is 35.0 Å². The highest BCUT2D eigenvalue weighted by atomic mass is 16.5. The molecule has 6 nitrogen and oxygen atoms in total. The van der Waals surface area contributed by atoms with Crippen LogP contribution in [0.1, 0.15) is 28.9 Å². The molecular formula is C19H20N4O2. The van der Waals surface area contributed by atoms with E-state index in [0.29, 0.717) is 19.0 Å². The van der Waals surface area contributed by atoms with E-state index >= 15 is 0 Å². The molecule has 25 heavy (non-hydrogen) atoms. The second-order valence-electron chi connectivity index (χ2n) is 6.40. The Hall–Kier alpha value is -2.89. The summed E-state index contributed by atoms with van der Waals surface area (Å²) in [6.07, 6.45) is 3.56. The van der Waals surface area contributed by atoms with Gasteiger partial charge in [-0.15, -0.1) is 5.10 Å². The molecule has 3 heterocycles. The third kappa shape index (κ3) is 3.33. The molecule has 0 aliphatic carbocycles. The van der Waals surface area contributed by atoms with Gasteiger partial charge >= 0.3 is 0 Å². The zero-order chi connectivity index (χ0) is 17.2. The van der Waals surface area contributed by atoms with Gasteiger partial charge in [-0.05, 0) is 37.3 Å². The number of carbonyl (C=O) groups is 1. The van der Waals surface area contributed by atoms with Crippen molar-refractivity contribution in [2.75, 3.05) is 13.1 Å². The summed E-state index contributed by atoms with van der Waals surface area (Å²) in [6, 6.07) is 11.5. The summed E-state index contributed by atoms with van der Waals surface area (Å²) in [5.41, 5.74) is 2.64. The van der Waals surface area contributed by atoms with Crippen molar-refractivity contribution in [3.63, 3.8) is 0 Å². The maximum atomic E-state index is 12.7. The molecule has 1 aliphatic rings. The number of benzene rings is 1. The number of amides is 1. The summed E-state index contributed by atoms with van der Waals surface area (Å²) >= 11 is 0. The SMILES string of the molecule is Cc1ccc(OC2CCN(C(=O)c3ccc4[nH]ccc4c3)CC2)nn1. The normalized spacial score (nSPS) is 15.5. The van der Waals surface area contributed by atoms with Crippen LogP contribution in [-0.4, -0.2) is 45.2 Å². The number of ether oxygens (including phenoxy) is 1. The Morgan fingerprint density at radius 1 is 1.16 bits per heavy atom. The minimum atomic E-state index is 0.0770. The summed E-state index contributed by atoms with van der Waals surface area (Å²) in [7, 11) is 0. The van der Waals surface area contributed by atoms with Crippen molar-refractivity contribution < 1.29 is 9.53 Å². The van der Waals surface area contributed by atoms with Crippen LogP contribution in [-0.2, 0) is 0 Å². The molecule has 4 rings (SSSR count). The number of aryl methyl sites for hydroxylation is 1. The average molecular weight is 336 g/mol. The van der Waals surface area contributed by atoms with Crippen LogP contribution >= 0.6 is 0 Å². The number of nitrogens with zero attached hydrogens (tertiary/aromatic N) is 3. The highest BCUT2D eigenvalue weighted by Crippen LogP contribution is 2.20. The van der Waals surface area contributed by atoms with Crippen molar-refractivity contribution in [1.82, 2.24) is 20.1 Å². The van der Waals surface area contributed by atoms with Crippen LogP contribution in [0.4, 0.5) is 0 Å². The fraction of sp³-hybridized carbons (Fsp3) is 0.316. The third-order valence-electron chi connectivity index (χ3n) is 4.59. The fourth-order valence-corrected chi connectivity index (χ4v) is 3.17. The Morgan fingerprint density at radius 3 is 2.76 bits per heavy atom. The number of nitrogens with one attached hydrogen (secondary N) is 1. The lowest BCUT2D eigenvalue weighted by molar-refractivity contribution is 0.0586. The topological polar surface area (TPSA) is 71.1 Å². The Kier molecular flexibility index (Phi) is 4.09. The van der Waals surface area contributed by atoms with Crippen LogP contribution < -0.4 is 4.74 Å². The number of carbonyl (C=O) groups excluding carboxylic acids is 1. The number of hydrogen-bond donors (Lipinski definition) is 1. The van der Waals surface area contributed by atoms with Crippen molar-refractivity contribution in [2.45, 2.75) is 25.9 Å². The average Bonchev–Trinajstić information content (AvgIpc) is 3.11. The van der Waals surface area contributed by atoms with Gasteiger partial charge in [0.15, 0.2) is 0 Å². The number of aromatic amines is 1. The summed E-state index contributed by atoms with van der Waals surface area (Å²) in [4.78, 5) is 17.8. The van der Waals surface area contributed by atoms with Crippen molar-refractivity contribution in [2.24, 2.45) is 0 Å². The van der Waals surface area contributed by atoms with E-state index in [-0.39, 0.29) is 12.0 Å². The zero-order valence-electron chi connectivity index (χ0n) is 14.1. The molecule has 0 bridgehead atoms. The predicted molar refractivity (Wildman–Crippen MR) is 94.6 cm³/mol. The molecule has 1 aromatic carbocycles. The lowest BCUT2D eigenvalue weighted by Crippen LogP contribution is -2.41. The molecule has 0 unspecified atom stereocenters. The van der Waals surface area contributed by atoms with Crippen LogP contribution in [0.5, 0.6) is 5.88 Å². The molecule has 1 fully saturated rings. The van der Waals surface area contributed by atoms with Crippen LogP contribution in [0.15, 0.2) is 42.6 Å². The molecule has 1 saturated heterocycles. The Labute approximate surface area is 145 Å². The van der Waals surface area contributed by atoms with Gasteiger partial charge in [0.25, 0.3) is 5.91 Å². The lowest BCUT2D eigenvalue weighted by atomic mass is 10.1. The van der Waals surface area contributed by atoms with Crippen molar-refractivity contribution >= 4 is 16.8 Å². The van der Waals surface area contributed by atoms with Crippen molar-refractivity contribution in [3.05, 3.63) is 53.9 Å². The number of likely N-dealkylation sites (tertiary alicyclic amines) is 1. The van der Waals surface area contributed by atoms with E-state index in [1.165, 1.54) is 0 Å². The monoisotopic (exact) mass is 336 g/mol. The maximum Gasteiger partial charge on any atom is 0.253 e. The summed E-state index contributed by atoms with van der Waals surface area (Å²) < 4.78 is 5.88. The molecule has 1 amide bonds. The second-order valence-corrected chi connectivity index (χ2v) is 6.40. The molecule has 6 heteroatoms. The predicted octanol–water partition coefficient (Wildman–Crippen LogP) is 2.95. The number of fused-ring (bicyclic) bond motifs is 1. The quantitative estimate of drug-likeness (QED) is 0.798. The number of rotatable bonds is 3. The standard InChI is InChI=1S/C19H20N4O2/c1-13-2-5-18(22-21-13)25-16-7-10-23(11-8-16)19(24)15-3-4-17-14(12-15)6-9-20-17/h2-6,9,12,16,20H,7-8,10-11H2,1H3. The van der Waals surface area contributed by atoms with E-state index in [4.69, 9.17) is 4.74 Å². The molecule has 1 aliphatic heterocycles. The van der Waals surface area contributed by atoms with Gasteiger partial charge in [0.2, 0.25) is 5.88 Å². The zero-order valence-corrected chi connectivity index (χ0v) is 14.1. The highest BCUT2D eigenvalue weighted by molar-refractivity contribution is 5.98. The number of hydrogen-bond acceptors (Lipinski definition) is 4. The van der Waals surface area contributed by atoms with Gasteiger partial charge in [0, 0.05) is 54.7 Å². The van der Waals surface area contributed by atoms with Crippen LogP contribution in [0, 0.1) is 6.92 Å². The van der Waals surface area contributed by atoms with Gasteiger partial charge in [-0.25, -0.2) is 0 Å². The molecule has 0 radical (unpaired) electrons. The van der Waals surface area contributed by atoms with Crippen LogP contribution in [0.25, 0.3) is 10.9 Å². The van der Waals surface area contributed by atoms with Gasteiger partial charge in [0.1, 0.15) is 6.10 Å². The molecule has 2 aromatic heterocycles. The first-order valence-corrected chi connectivity index (χ1v) is 8.52.